The highest BCUT2D eigenvalue weighted by atomic mass is 19.1. The van der Waals surface area contributed by atoms with Crippen LogP contribution in [0.5, 0.6) is 5.75 Å². The molecule has 7 nitrogen and oxygen atoms in total. The van der Waals surface area contributed by atoms with E-state index < -0.39 is 11.8 Å². The van der Waals surface area contributed by atoms with E-state index in [0.29, 0.717) is 40.2 Å². The summed E-state index contributed by atoms with van der Waals surface area (Å²) < 4.78 is 39.9. The molecular weight excluding hydrogens is 444 g/mol. The van der Waals surface area contributed by atoms with Crippen molar-refractivity contribution in [3.05, 3.63) is 77.9 Å². The van der Waals surface area contributed by atoms with Gasteiger partial charge in [-0.3, -0.25) is 4.79 Å². The molecule has 174 valence electrons. The molecule has 0 saturated carbocycles. The first-order valence-corrected chi connectivity index (χ1v) is 10.5. The predicted molar refractivity (Wildman–Crippen MR) is 121 cm³/mol. The molecule has 1 aromatic heterocycles. The van der Waals surface area contributed by atoms with Crippen molar-refractivity contribution < 1.29 is 27.9 Å². The summed E-state index contributed by atoms with van der Waals surface area (Å²) in [4.78, 5) is 14.9. The standard InChI is InChI=1S/C25H21F2N3O4/c1-2-33-22-12-16(9-10-19(22)18-5-3-4-6-20(18)26)25-29-24(30-34-25)15-7-8-17(21(27)11-15)13-28-14-23(31)32/h3-12,28H,2,13-14H2,1H3,(H,31,32). The highest BCUT2D eigenvalue weighted by Gasteiger charge is 2.17. The Morgan fingerprint density at radius 2 is 1.82 bits per heavy atom. The molecule has 0 unspecified atom stereocenters. The Kier molecular flexibility index (Phi) is 6.93. The Morgan fingerprint density at radius 3 is 2.56 bits per heavy atom. The van der Waals surface area contributed by atoms with E-state index in [1.807, 2.05) is 6.92 Å². The van der Waals surface area contributed by atoms with Crippen LogP contribution in [0.3, 0.4) is 0 Å². The molecule has 0 aliphatic heterocycles. The molecule has 0 fully saturated rings. The maximum absolute atomic E-state index is 14.4. The van der Waals surface area contributed by atoms with Crippen LogP contribution in [0.15, 0.2) is 65.2 Å². The second-order valence-electron chi connectivity index (χ2n) is 7.35. The van der Waals surface area contributed by atoms with Crippen molar-refractivity contribution >= 4 is 5.97 Å². The Hall–Kier alpha value is -4.11. The summed E-state index contributed by atoms with van der Waals surface area (Å²) in [6.45, 7) is 2.02. The van der Waals surface area contributed by atoms with Crippen LogP contribution in [-0.2, 0) is 11.3 Å². The minimum absolute atomic E-state index is 0.0739. The number of aromatic nitrogens is 2. The number of carbonyl (C=O) groups is 1. The number of rotatable bonds is 9. The molecule has 0 spiro atoms. The van der Waals surface area contributed by atoms with Crippen LogP contribution >= 0.6 is 0 Å². The second-order valence-corrected chi connectivity index (χ2v) is 7.35. The summed E-state index contributed by atoms with van der Waals surface area (Å²) in [6, 6.07) is 16.0. The number of carboxylic acid groups (broad SMARTS) is 1. The van der Waals surface area contributed by atoms with Gasteiger partial charge in [0.1, 0.15) is 17.4 Å². The molecule has 0 aliphatic rings. The molecule has 0 atom stereocenters. The zero-order valence-corrected chi connectivity index (χ0v) is 18.2. The lowest BCUT2D eigenvalue weighted by Crippen LogP contribution is -2.22. The molecule has 34 heavy (non-hydrogen) atoms. The van der Waals surface area contributed by atoms with E-state index in [1.165, 1.54) is 18.2 Å². The van der Waals surface area contributed by atoms with Crippen molar-refractivity contribution in [1.29, 1.82) is 0 Å². The number of ether oxygens (including phenoxy) is 1. The van der Waals surface area contributed by atoms with Gasteiger partial charge in [-0.15, -0.1) is 0 Å². The first kappa shape index (κ1) is 23.1. The van der Waals surface area contributed by atoms with Gasteiger partial charge in [0.05, 0.1) is 13.2 Å². The molecule has 0 amide bonds. The van der Waals surface area contributed by atoms with E-state index in [4.69, 9.17) is 14.4 Å². The van der Waals surface area contributed by atoms with Crippen molar-refractivity contribution in [3.8, 4) is 39.7 Å². The SMILES string of the molecule is CCOc1cc(-c2nc(-c3ccc(CNCC(=O)O)c(F)c3)no2)ccc1-c1ccccc1F. The van der Waals surface area contributed by atoms with Crippen LogP contribution in [0.4, 0.5) is 8.78 Å². The lowest BCUT2D eigenvalue weighted by molar-refractivity contribution is -0.136. The van der Waals surface area contributed by atoms with E-state index in [1.54, 1.807) is 42.5 Å². The third-order valence-corrected chi connectivity index (χ3v) is 5.02. The van der Waals surface area contributed by atoms with Gasteiger partial charge in [0.15, 0.2) is 0 Å². The van der Waals surface area contributed by atoms with Gasteiger partial charge >= 0.3 is 5.97 Å². The van der Waals surface area contributed by atoms with Crippen molar-refractivity contribution in [3.63, 3.8) is 0 Å². The van der Waals surface area contributed by atoms with Gasteiger partial charge in [0.2, 0.25) is 5.82 Å². The highest BCUT2D eigenvalue weighted by Crippen LogP contribution is 2.35. The average Bonchev–Trinajstić information content (AvgIpc) is 3.31. The first-order chi connectivity index (χ1) is 16.5. The van der Waals surface area contributed by atoms with E-state index >= 15 is 0 Å². The molecule has 3 aromatic carbocycles. The van der Waals surface area contributed by atoms with E-state index in [2.05, 4.69) is 15.5 Å². The van der Waals surface area contributed by atoms with Gasteiger partial charge in [-0.05, 0) is 37.3 Å². The van der Waals surface area contributed by atoms with E-state index in [9.17, 15) is 13.6 Å². The third kappa shape index (κ3) is 5.10. The highest BCUT2D eigenvalue weighted by molar-refractivity contribution is 5.75. The topological polar surface area (TPSA) is 97.5 Å². The lowest BCUT2D eigenvalue weighted by atomic mass is 10.0. The second kappa shape index (κ2) is 10.2. The van der Waals surface area contributed by atoms with Crippen LogP contribution in [0.2, 0.25) is 0 Å². The predicted octanol–water partition coefficient (Wildman–Crippen LogP) is 4.92. The molecular formula is C25H21F2N3O4. The Bertz CT molecular complexity index is 1320. The van der Waals surface area contributed by atoms with E-state index in [-0.39, 0.29) is 30.6 Å². The number of halogens is 2. The fraction of sp³-hybridized carbons (Fsp3) is 0.160. The molecule has 1 heterocycles. The summed E-state index contributed by atoms with van der Waals surface area (Å²) in [5.74, 6) is -1.05. The first-order valence-electron chi connectivity index (χ1n) is 10.5. The smallest absolute Gasteiger partial charge is 0.317 e. The zero-order valence-electron chi connectivity index (χ0n) is 18.2. The Morgan fingerprint density at radius 1 is 1.03 bits per heavy atom. The summed E-state index contributed by atoms with van der Waals surface area (Å²) in [7, 11) is 0. The maximum Gasteiger partial charge on any atom is 0.317 e. The van der Waals surface area contributed by atoms with E-state index in [0.717, 1.165) is 0 Å². The minimum atomic E-state index is -1.02. The Balaban J connectivity index is 1.59. The monoisotopic (exact) mass is 465 g/mol. The van der Waals surface area contributed by atoms with Gasteiger partial charge < -0.3 is 19.7 Å². The third-order valence-electron chi connectivity index (χ3n) is 5.02. The normalized spacial score (nSPS) is 10.9. The molecule has 0 saturated heterocycles. The summed E-state index contributed by atoms with van der Waals surface area (Å²) in [5.41, 5.74) is 2.30. The summed E-state index contributed by atoms with van der Waals surface area (Å²) in [5, 5.41) is 15.3. The number of carboxylic acids is 1. The molecule has 2 N–H and O–H groups in total. The van der Waals surface area contributed by atoms with Crippen molar-refractivity contribution in [2.75, 3.05) is 13.2 Å². The quantitative estimate of drug-likeness (QED) is 0.362. The number of hydrogen-bond donors (Lipinski definition) is 2. The fourth-order valence-corrected chi connectivity index (χ4v) is 3.42. The van der Waals surface area contributed by atoms with Gasteiger partial charge in [0, 0.05) is 34.4 Å². The minimum Gasteiger partial charge on any atom is -0.493 e. The number of nitrogens with zero attached hydrogens (tertiary/aromatic N) is 2. The summed E-state index contributed by atoms with van der Waals surface area (Å²) in [6.07, 6.45) is 0. The molecule has 0 aliphatic carbocycles. The van der Waals surface area contributed by atoms with Gasteiger partial charge in [0.25, 0.3) is 5.89 Å². The number of aliphatic carboxylic acids is 1. The number of benzene rings is 3. The van der Waals surface area contributed by atoms with Gasteiger partial charge in [-0.25, -0.2) is 8.78 Å². The molecule has 0 radical (unpaired) electrons. The van der Waals surface area contributed by atoms with Crippen LogP contribution in [0, 0.1) is 11.6 Å². The number of nitrogens with one attached hydrogen (secondary N) is 1. The summed E-state index contributed by atoms with van der Waals surface area (Å²) >= 11 is 0. The van der Waals surface area contributed by atoms with Crippen molar-refractivity contribution in [2.45, 2.75) is 13.5 Å². The van der Waals surface area contributed by atoms with Gasteiger partial charge in [-0.1, -0.05) is 35.5 Å². The number of hydrogen-bond acceptors (Lipinski definition) is 6. The molecule has 0 bridgehead atoms. The average molecular weight is 465 g/mol. The largest absolute Gasteiger partial charge is 0.493 e. The van der Waals surface area contributed by atoms with Crippen LogP contribution in [-0.4, -0.2) is 34.4 Å². The molecule has 4 rings (SSSR count). The fourth-order valence-electron chi connectivity index (χ4n) is 3.42. The molecule has 4 aromatic rings. The zero-order chi connectivity index (χ0) is 24.1. The van der Waals surface area contributed by atoms with Crippen molar-refractivity contribution in [2.24, 2.45) is 0 Å². The maximum atomic E-state index is 14.4. The lowest BCUT2D eigenvalue weighted by Gasteiger charge is -2.12. The van der Waals surface area contributed by atoms with Crippen LogP contribution in [0.1, 0.15) is 12.5 Å². The molecule has 9 heteroatoms. The van der Waals surface area contributed by atoms with Gasteiger partial charge in [-0.2, -0.15) is 4.98 Å². The Labute approximate surface area is 194 Å². The van der Waals surface area contributed by atoms with Crippen LogP contribution in [0.25, 0.3) is 34.0 Å². The van der Waals surface area contributed by atoms with Crippen molar-refractivity contribution in [1.82, 2.24) is 15.5 Å². The van der Waals surface area contributed by atoms with Crippen LogP contribution < -0.4 is 10.1 Å².